The quantitative estimate of drug-likeness (QED) is 0.753. The molecule has 0 unspecified atom stereocenters. The van der Waals surface area contributed by atoms with Crippen molar-refractivity contribution in [3.63, 3.8) is 0 Å². The number of fused-ring (bicyclic) bond motifs is 1. The number of alkyl halides is 3. The number of hydrogen-bond acceptors (Lipinski definition) is 3. The molecule has 0 aliphatic carbocycles. The van der Waals surface area contributed by atoms with E-state index in [1.165, 1.54) is 18.2 Å². The van der Waals surface area contributed by atoms with Gasteiger partial charge in [-0.3, -0.25) is 0 Å². The smallest absolute Gasteiger partial charge is 0.432 e. The summed E-state index contributed by atoms with van der Waals surface area (Å²) in [4.78, 5) is 3.79. The Morgan fingerprint density at radius 2 is 2.07 bits per heavy atom. The molecule has 2 rings (SSSR count). The minimum Gasteiger partial charge on any atom is -0.432 e. The summed E-state index contributed by atoms with van der Waals surface area (Å²) in [5.74, 6) is -0.355. The molecule has 0 saturated heterocycles. The monoisotopic (exact) mass is 329 g/mol. The first kappa shape index (κ1) is 10.5. The Morgan fingerprint density at radius 1 is 1.33 bits per heavy atom. The molecule has 15 heavy (non-hydrogen) atoms. The summed E-state index contributed by atoms with van der Waals surface area (Å²) in [6, 6.07) is 4.12. The zero-order chi connectivity index (χ0) is 11.1. The van der Waals surface area contributed by atoms with Gasteiger partial charge < -0.3 is 9.15 Å². The van der Waals surface area contributed by atoms with Crippen LogP contribution in [0.2, 0.25) is 0 Å². The van der Waals surface area contributed by atoms with Gasteiger partial charge in [-0.15, -0.1) is 13.2 Å². The van der Waals surface area contributed by atoms with E-state index in [9.17, 15) is 13.2 Å². The molecule has 0 amide bonds. The van der Waals surface area contributed by atoms with Gasteiger partial charge in [0.25, 0.3) is 3.90 Å². The molecule has 2 aromatic rings. The minimum absolute atomic E-state index is 0.0687. The van der Waals surface area contributed by atoms with Crippen LogP contribution in [-0.2, 0) is 0 Å². The Labute approximate surface area is 95.4 Å². The normalized spacial score (nSPS) is 12.0. The SMILES string of the molecule is FC(F)(F)Oc1cccc2oc(I)nc12. The predicted octanol–water partition coefficient (Wildman–Crippen LogP) is 3.33. The molecule has 0 aliphatic rings. The number of nitrogens with zero attached hydrogens (tertiary/aromatic N) is 1. The summed E-state index contributed by atoms with van der Waals surface area (Å²) >= 11 is 1.77. The van der Waals surface area contributed by atoms with Gasteiger partial charge in [0.2, 0.25) is 0 Å². The van der Waals surface area contributed by atoms with Crippen LogP contribution in [0.25, 0.3) is 11.1 Å². The Morgan fingerprint density at radius 3 is 2.73 bits per heavy atom. The van der Waals surface area contributed by atoms with E-state index in [4.69, 9.17) is 4.42 Å². The molecule has 0 saturated carbocycles. The number of oxazole rings is 1. The molecular formula is C8H3F3INO2. The van der Waals surface area contributed by atoms with E-state index in [-0.39, 0.29) is 20.7 Å². The Kier molecular flexibility index (Phi) is 2.49. The first-order valence-electron chi connectivity index (χ1n) is 3.76. The van der Waals surface area contributed by atoms with Crippen molar-refractivity contribution in [1.82, 2.24) is 4.98 Å². The fourth-order valence-corrected chi connectivity index (χ4v) is 1.58. The van der Waals surface area contributed by atoms with Gasteiger partial charge in [0.1, 0.15) is 0 Å². The van der Waals surface area contributed by atoms with Crippen molar-refractivity contribution in [1.29, 1.82) is 0 Å². The van der Waals surface area contributed by atoms with Crippen LogP contribution in [0.3, 0.4) is 0 Å². The van der Waals surface area contributed by atoms with Gasteiger partial charge in [-0.25, -0.2) is 4.98 Å². The van der Waals surface area contributed by atoms with Crippen LogP contribution < -0.4 is 4.74 Å². The van der Waals surface area contributed by atoms with Crippen LogP contribution in [-0.4, -0.2) is 11.3 Å². The summed E-state index contributed by atoms with van der Waals surface area (Å²) in [6.45, 7) is 0. The lowest BCUT2D eigenvalue weighted by molar-refractivity contribution is -0.274. The third-order valence-corrected chi connectivity index (χ3v) is 2.04. The van der Waals surface area contributed by atoms with Crippen molar-refractivity contribution in [3.8, 4) is 5.75 Å². The number of rotatable bonds is 1. The lowest BCUT2D eigenvalue weighted by Crippen LogP contribution is -2.17. The summed E-state index contributed by atoms with van der Waals surface area (Å²) in [6.07, 6.45) is -4.72. The zero-order valence-electron chi connectivity index (χ0n) is 7.01. The Bertz CT molecular complexity index is 494. The maximum atomic E-state index is 12.0. The molecule has 1 aromatic carbocycles. The minimum atomic E-state index is -4.72. The van der Waals surface area contributed by atoms with E-state index in [0.717, 1.165) is 0 Å². The molecule has 0 atom stereocenters. The highest BCUT2D eigenvalue weighted by molar-refractivity contribution is 14.1. The van der Waals surface area contributed by atoms with Crippen molar-refractivity contribution < 1.29 is 22.3 Å². The molecule has 0 aliphatic heterocycles. The van der Waals surface area contributed by atoms with Crippen LogP contribution in [0.1, 0.15) is 0 Å². The molecule has 3 nitrogen and oxygen atoms in total. The first-order valence-corrected chi connectivity index (χ1v) is 4.84. The molecular weight excluding hydrogens is 326 g/mol. The fraction of sp³-hybridized carbons (Fsp3) is 0.125. The van der Waals surface area contributed by atoms with Crippen molar-refractivity contribution in [2.45, 2.75) is 6.36 Å². The van der Waals surface area contributed by atoms with Crippen molar-refractivity contribution in [3.05, 3.63) is 22.1 Å². The maximum Gasteiger partial charge on any atom is 0.573 e. The summed E-state index contributed by atoms with van der Waals surface area (Å²) in [7, 11) is 0. The Balaban J connectivity index is 2.51. The fourth-order valence-electron chi connectivity index (χ4n) is 1.10. The second kappa shape index (κ2) is 3.54. The van der Waals surface area contributed by atoms with Crippen molar-refractivity contribution >= 4 is 33.7 Å². The lowest BCUT2D eigenvalue weighted by atomic mass is 10.3. The highest BCUT2D eigenvalue weighted by Crippen LogP contribution is 2.30. The molecule has 0 N–H and O–H groups in total. The van der Waals surface area contributed by atoms with Gasteiger partial charge in [-0.05, 0) is 12.1 Å². The van der Waals surface area contributed by atoms with Gasteiger partial charge in [-0.1, -0.05) is 6.07 Å². The maximum absolute atomic E-state index is 12.0. The molecule has 1 aromatic heterocycles. The molecule has 0 radical (unpaired) electrons. The van der Waals surface area contributed by atoms with Crippen LogP contribution >= 0.6 is 22.6 Å². The van der Waals surface area contributed by atoms with Crippen LogP contribution in [0.4, 0.5) is 13.2 Å². The summed E-state index contributed by atoms with van der Waals surface area (Å²) in [5.41, 5.74) is 0.334. The zero-order valence-corrected chi connectivity index (χ0v) is 9.17. The number of hydrogen-bond donors (Lipinski definition) is 0. The standard InChI is InChI=1S/C8H3F3INO2/c9-8(10,11)15-5-3-1-2-4-6(5)13-7(12)14-4/h1-3H. The van der Waals surface area contributed by atoms with Crippen LogP contribution in [0, 0.1) is 3.90 Å². The first-order chi connectivity index (χ1) is 6.96. The molecule has 1 heterocycles. The van der Waals surface area contributed by atoms with E-state index >= 15 is 0 Å². The average molecular weight is 329 g/mol. The van der Waals surface area contributed by atoms with Gasteiger partial charge in [0.15, 0.2) is 16.8 Å². The second-order valence-electron chi connectivity index (χ2n) is 2.62. The van der Waals surface area contributed by atoms with Gasteiger partial charge in [0, 0.05) is 22.6 Å². The van der Waals surface area contributed by atoms with E-state index in [0.29, 0.717) is 0 Å². The van der Waals surface area contributed by atoms with Gasteiger partial charge in [0.05, 0.1) is 0 Å². The summed E-state index contributed by atoms with van der Waals surface area (Å²) in [5, 5.41) is 0. The number of aromatic nitrogens is 1. The Hall–Kier alpha value is -0.990. The molecule has 80 valence electrons. The van der Waals surface area contributed by atoms with Crippen LogP contribution in [0.15, 0.2) is 22.6 Å². The molecule has 0 bridgehead atoms. The van der Waals surface area contributed by atoms with Crippen molar-refractivity contribution in [2.75, 3.05) is 0 Å². The topological polar surface area (TPSA) is 35.3 Å². The predicted molar refractivity (Wildman–Crippen MR) is 53.4 cm³/mol. The van der Waals surface area contributed by atoms with Crippen LogP contribution in [0.5, 0.6) is 5.75 Å². The molecule has 0 spiro atoms. The lowest BCUT2D eigenvalue weighted by Gasteiger charge is -2.07. The second-order valence-corrected chi connectivity index (χ2v) is 3.54. The number of halogens is 4. The average Bonchev–Trinajstić information content (AvgIpc) is 2.43. The van der Waals surface area contributed by atoms with Gasteiger partial charge in [-0.2, -0.15) is 0 Å². The number of benzene rings is 1. The van der Waals surface area contributed by atoms with E-state index in [1.54, 1.807) is 22.6 Å². The third kappa shape index (κ3) is 2.33. The van der Waals surface area contributed by atoms with Gasteiger partial charge >= 0.3 is 6.36 Å². The third-order valence-electron chi connectivity index (χ3n) is 1.58. The summed E-state index contributed by atoms with van der Waals surface area (Å²) < 4.78 is 45.1. The highest BCUT2D eigenvalue weighted by atomic mass is 127. The van der Waals surface area contributed by atoms with E-state index in [2.05, 4.69) is 9.72 Å². The van der Waals surface area contributed by atoms with E-state index in [1.807, 2.05) is 0 Å². The number of ether oxygens (including phenoxy) is 1. The van der Waals surface area contributed by atoms with Crippen molar-refractivity contribution in [2.24, 2.45) is 0 Å². The molecule has 0 fully saturated rings. The number of para-hydroxylation sites is 1. The van der Waals surface area contributed by atoms with E-state index < -0.39 is 6.36 Å². The molecule has 7 heteroatoms. The largest absolute Gasteiger partial charge is 0.573 e. The highest BCUT2D eigenvalue weighted by Gasteiger charge is 2.32.